The van der Waals surface area contributed by atoms with Gasteiger partial charge in [-0.05, 0) is 61.0 Å². The molecule has 1 heterocycles. The summed E-state index contributed by atoms with van der Waals surface area (Å²) in [5.41, 5.74) is 3.30. The number of hydrazone groups is 1. The Morgan fingerprint density at radius 2 is 1.91 bits per heavy atom. The molecule has 1 amide bonds. The van der Waals surface area contributed by atoms with Gasteiger partial charge < -0.3 is 19.0 Å². The Morgan fingerprint density at radius 1 is 1.09 bits per heavy atom. The number of nitrogens with zero attached hydrogens (tertiary/aromatic N) is 1. The minimum absolute atomic E-state index is 0.0265. The number of carboxylic acids is 1. The molecule has 0 saturated heterocycles. The number of hydrogen-bond donors (Lipinski definition) is 2. The number of halogens is 2. The van der Waals surface area contributed by atoms with Crippen LogP contribution in [-0.2, 0) is 6.61 Å². The zero-order chi connectivity index (χ0) is 23.1. The first-order valence-electron chi connectivity index (χ1n) is 9.37. The van der Waals surface area contributed by atoms with Crippen molar-refractivity contribution in [3.63, 3.8) is 0 Å². The van der Waals surface area contributed by atoms with E-state index in [1.54, 1.807) is 24.3 Å². The third kappa shape index (κ3) is 6.03. The van der Waals surface area contributed by atoms with E-state index in [4.69, 9.17) is 42.2 Å². The van der Waals surface area contributed by atoms with Crippen LogP contribution in [0.2, 0.25) is 10.0 Å². The lowest BCUT2D eigenvalue weighted by molar-refractivity contribution is 0.0657. The molecule has 0 bridgehead atoms. The molecule has 0 aliphatic rings. The average molecular weight is 477 g/mol. The molecule has 3 aromatic rings. The summed E-state index contributed by atoms with van der Waals surface area (Å²) in [5.74, 6) is -0.545. The minimum Gasteiger partial charge on any atom is -0.490 e. The molecular formula is C22H18Cl2N2O6. The molecular weight excluding hydrogens is 459 g/mol. The molecule has 0 atom stereocenters. The normalized spacial score (nSPS) is 10.8. The van der Waals surface area contributed by atoms with Crippen LogP contribution in [0, 0.1) is 0 Å². The molecule has 8 nitrogen and oxygen atoms in total. The number of amides is 1. The number of aromatic carboxylic acids is 1. The van der Waals surface area contributed by atoms with Crippen LogP contribution in [0.3, 0.4) is 0 Å². The maximum Gasteiger partial charge on any atom is 0.371 e. The van der Waals surface area contributed by atoms with Crippen LogP contribution in [0.5, 0.6) is 11.5 Å². The molecule has 0 aliphatic heterocycles. The van der Waals surface area contributed by atoms with Gasteiger partial charge >= 0.3 is 5.97 Å². The number of furan rings is 1. The van der Waals surface area contributed by atoms with Gasteiger partial charge in [0, 0.05) is 5.02 Å². The average Bonchev–Trinajstić information content (AvgIpc) is 3.23. The van der Waals surface area contributed by atoms with E-state index in [0.717, 1.165) is 0 Å². The predicted octanol–water partition coefficient (Wildman–Crippen LogP) is 5.03. The van der Waals surface area contributed by atoms with E-state index in [0.29, 0.717) is 34.5 Å². The third-order valence-electron chi connectivity index (χ3n) is 4.07. The Balaban J connectivity index is 1.66. The summed E-state index contributed by atoms with van der Waals surface area (Å²) in [5, 5.41) is 13.5. The summed E-state index contributed by atoms with van der Waals surface area (Å²) in [6.45, 7) is 2.25. The largest absolute Gasteiger partial charge is 0.490 e. The third-order valence-corrected chi connectivity index (χ3v) is 4.61. The van der Waals surface area contributed by atoms with Gasteiger partial charge in [-0.15, -0.1) is 0 Å². The lowest BCUT2D eigenvalue weighted by Crippen LogP contribution is -2.18. The summed E-state index contributed by atoms with van der Waals surface area (Å²) < 4.78 is 16.5. The van der Waals surface area contributed by atoms with Crippen LogP contribution in [-0.4, -0.2) is 29.8 Å². The van der Waals surface area contributed by atoms with Gasteiger partial charge in [0.15, 0.2) is 11.5 Å². The molecule has 166 valence electrons. The fourth-order valence-electron chi connectivity index (χ4n) is 2.61. The lowest BCUT2D eigenvalue weighted by Gasteiger charge is -2.11. The number of benzene rings is 2. The van der Waals surface area contributed by atoms with E-state index >= 15 is 0 Å². The van der Waals surface area contributed by atoms with Gasteiger partial charge in [-0.1, -0.05) is 23.2 Å². The molecule has 0 aliphatic carbocycles. The summed E-state index contributed by atoms with van der Waals surface area (Å²) in [6, 6.07) is 12.5. The molecule has 0 saturated carbocycles. The second kappa shape index (κ2) is 10.7. The lowest BCUT2D eigenvalue weighted by atomic mass is 10.2. The molecule has 0 radical (unpaired) electrons. The van der Waals surface area contributed by atoms with Crippen LogP contribution >= 0.6 is 23.2 Å². The standard InChI is InChI=1S/C22H18Cl2N2O6/c1-2-30-20-9-13(11-25-26-21(27)16-6-4-14(23)10-17(16)24)3-7-18(20)31-12-15-5-8-19(32-15)22(28)29/h3-11H,2,12H2,1H3,(H,26,27)(H,28,29). The zero-order valence-electron chi connectivity index (χ0n) is 16.8. The van der Waals surface area contributed by atoms with E-state index in [1.807, 2.05) is 6.92 Å². The summed E-state index contributed by atoms with van der Waals surface area (Å²) in [4.78, 5) is 23.1. The van der Waals surface area contributed by atoms with Crippen molar-refractivity contribution in [2.75, 3.05) is 6.61 Å². The van der Waals surface area contributed by atoms with Crippen molar-refractivity contribution in [2.24, 2.45) is 5.10 Å². The van der Waals surface area contributed by atoms with Crippen molar-refractivity contribution in [1.29, 1.82) is 0 Å². The number of carboxylic acid groups (broad SMARTS) is 1. The summed E-state index contributed by atoms with van der Waals surface area (Å²) >= 11 is 11.9. The number of carbonyl (C=O) groups excluding carboxylic acids is 1. The van der Waals surface area contributed by atoms with Gasteiger partial charge in [-0.2, -0.15) is 5.10 Å². The predicted molar refractivity (Wildman–Crippen MR) is 119 cm³/mol. The fraction of sp³-hybridized carbons (Fsp3) is 0.136. The van der Waals surface area contributed by atoms with Gasteiger partial charge in [-0.3, -0.25) is 4.79 Å². The van der Waals surface area contributed by atoms with Crippen LogP contribution < -0.4 is 14.9 Å². The fourth-order valence-corrected chi connectivity index (χ4v) is 3.11. The molecule has 0 spiro atoms. The number of nitrogens with one attached hydrogen (secondary N) is 1. The number of rotatable bonds is 9. The first-order chi connectivity index (χ1) is 15.4. The highest BCUT2D eigenvalue weighted by Crippen LogP contribution is 2.29. The highest BCUT2D eigenvalue weighted by molar-refractivity contribution is 6.36. The van der Waals surface area contributed by atoms with Crippen molar-refractivity contribution in [3.05, 3.63) is 81.2 Å². The zero-order valence-corrected chi connectivity index (χ0v) is 18.3. The Bertz CT molecular complexity index is 1160. The minimum atomic E-state index is -1.15. The van der Waals surface area contributed by atoms with Gasteiger partial charge in [0.2, 0.25) is 5.76 Å². The van der Waals surface area contributed by atoms with E-state index in [9.17, 15) is 9.59 Å². The molecule has 0 unspecified atom stereocenters. The maximum absolute atomic E-state index is 12.2. The van der Waals surface area contributed by atoms with Crippen molar-refractivity contribution >= 4 is 41.3 Å². The van der Waals surface area contributed by atoms with Crippen LogP contribution in [0.1, 0.15) is 39.2 Å². The Kier molecular flexibility index (Phi) is 7.75. The monoisotopic (exact) mass is 476 g/mol. The highest BCUT2D eigenvalue weighted by Gasteiger charge is 2.12. The SMILES string of the molecule is CCOc1cc(C=NNC(=O)c2ccc(Cl)cc2Cl)ccc1OCc1ccc(C(=O)O)o1. The van der Waals surface area contributed by atoms with Crippen molar-refractivity contribution in [3.8, 4) is 11.5 Å². The van der Waals surface area contributed by atoms with Crippen molar-refractivity contribution in [2.45, 2.75) is 13.5 Å². The topological polar surface area (TPSA) is 110 Å². The van der Waals surface area contributed by atoms with E-state index in [2.05, 4.69) is 10.5 Å². The Morgan fingerprint density at radius 3 is 2.59 bits per heavy atom. The van der Waals surface area contributed by atoms with Crippen molar-refractivity contribution < 1.29 is 28.6 Å². The molecule has 2 aromatic carbocycles. The first kappa shape index (κ1) is 23.2. The number of hydrogen-bond acceptors (Lipinski definition) is 6. The molecule has 32 heavy (non-hydrogen) atoms. The Labute approximate surface area is 193 Å². The van der Waals surface area contributed by atoms with Crippen LogP contribution in [0.15, 0.2) is 58.0 Å². The maximum atomic E-state index is 12.2. The highest BCUT2D eigenvalue weighted by atomic mass is 35.5. The van der Waals surface area contributed by atoms with E-state index < -0.39 is 11.9 Å². The second-order valence-corrected chi connectivity index (χ2v) is 7.17. The van der Waals surface area contributed by atoms with E-state index in [1.165, 1.54) is 30.5 Å². The van der Waals surface area contributed by atoms with Gasteiger partial charge in [-0.25, -0.2) is 10.2 Å². The van der Waals surface area contributed by atoms with Crippen LogP contribution in [0.25, 0.3) is 0 Å². The number of ether oxygens (including phenoxy) is 2. The smallest absolute Gasteiger partial charge is 0.371 e. The second-order valence-electron chi connectivity index (χ2n) is 6.32. The van der Waals surface area contributed by atoms with Gasteiger partial charge in [0.05, 0.1) is 23.4 Å². The summed E-state index contributed by atoms with van der Waals surface area (Å²) in [6.07, 6.45) is 1.44. The molecule has 3 rings (SSSR count). The molecule has 10 heteroatoms. The van der Waals surface area contributed by atoms with Crippen LogP contribution in [0.4, 0.5) is 0 Å². The van der Waals surface area contributed by atoms with E-state index in [-0.39, 0.29) is 23.0 Å². The molecule has 1 aromatic heterocycles. The quantitative estimate of drug-likeness (QED) is 0.331. The van der Waals surface area contributed by atoms with Crippen molar-refractivity contribution in [1.82, 2.24) is 5.43 Å². The molecule has 0 fully saturated rings. The van der Waals surface area contributed by atoms with Gasteiger partial charge in [0.25, 0.3) is 5.91 Å². The molecule has 2 N–H and O–H groups in total. The first-order valence-corrected chi connectivity index (χ1v) is 10.1. The number of carbonyl (C=O) groups is 2. The summed E-state index contributed by atoms with van der Waals surface area (Å²) in [7, 11) is 0. The van der Waals surface area contributed by atoms with Gasteiger partial charge in [0.1, 0.15) is 12.4 Å². The Hall–Kier alpha value is -3.49.